The maximum absolute atomic E-state index is 12.6. The van der Waals surface area contributed by atoms with Crippen molar-refractivity contribution in [2.45, 2.75) is 19.9 Å². The highest BCUT2D eigenvalue weighted by Crippen LogP contribution is 2.35. The van der Waals surface area contributed by atoms with Crippen LogP contribution in [-0.4, -0.2) is 25.5 Å². The summed E-state index contributed by atoms with van der Waals surface area (Å²) in [5.74, 6) is 1.12. The SMILES string of the molecule is COc1ccc(CC(=O)Nc2ccc3c(c2)N(Cc2ccccc2C)C(=O)CO3)cc1. The molecule has 1 heterocycles. The molecule has 2 amide bonds. The fraction of sp³-hybridized carbons (Fsp3) is 0.200. The van der Waals surface area contributed by atoms with Gasteiger partial charge >= 0.3 is 0 Å². The van der Waals surface area contributed by atoms with Gasteiger partial charge < -0.3 is 19.7 Å². The molecule has 0 radical (unpaired) electrons. The van der Waals surface area contributed by atoms with E-state index in [0.717, 1.165) is 22.4 Å². The fourth-order valence-corrected chi connectivity index (χ4v) is 3.55. The Morgan fingerprint density at radius 3 is 2.61 bits per heavy atom. The Morgan fingerprint density at radius 2 is 1.87 bits per heavy atom. The molecule has 0 unspecified atom stereocenters. The van der Waals surface area contributed by atoms with Gasteiger partial charge in [-0.25, -0.2) is 0 Å². The van der Waals surface area contributed by atoms with Crippen LogP contribution in [0.1, 0.15) is 16.7 Å². The normalized spacial score (nSPS) is 12.7. The van der Waals surface area contributed by atoms with Gasteiger partial charge in [0.1, 0.15) is 11.5 Å². The van der Waals surface area contributed by atoms with Crippen molar-refractivity contribution in [1.29, 1.82) is 0 Å². The molecule has 4 rings (SSSR count). The summed E-state index contributed by atoms with van der Waals surface area (Å²) in [6, 6.07) is 20.7. The number of benzene rings is 3. The van der Waals surface area contributed by atoms with E-state index in [1.807, 2.05) is 55.5 Å². The molecule has 0 saturated heterocycles. The number of hydrogen-bond acceptors (Lipinski definition) is 4. The zero-order valence-electron chi connectivity index (χ0n) is 17.6. The van der Waals surface area contributed by atoms with Gasteiger partial charge in [-0.15, -0.1) is 0 Å². The average Bonchev–Trinajstić information content (AvgIpc) is 2.77. The first-order chi connectivity index (χ1) is 15.0. The minimum Gasteiger partial charge on any atom is -0.497 e. The Hall–Kier alpha value is -3.80. The van der Waals surface area contributed by atoms with E-state index in [4.69, 9.17) is 9.47 Å². The summed E-state index contributed by atoms with van der Waals surface area (Å²) in [6.45, 7) is 2.48. The van der Waals surface area contributed by atoms with Gasteiger partial charge in [0.05, 0.1) is 25.8 Å². The third-order valence-electron chi connectivity index (χ3n) is 5.30. The number of nitrogens with zero attached hydrogens (tertiary/aromatic N) is 1. The molecule has 0 bridgehead atoms. The third-order valence-corrected chi connectivity index (χ3v) is 5.30. The van der Waals surface area contributed by atoms with Crippen molar-refractivity contribution in [3.8, 4) is 11.5 Å². The summed E-state index contributed by atoms with van der Waals surface area (Å²) in [6.07, 6.45) is 0.240. The molecule has 6 nitrogen and oxygen atoms in total. The lowest BCUT2D eigenvalue weighted by Crippen LogP contribution is -2.38. The second kappa shape index (κ2) is 8.92. The van der Waals surface area contributed by atoms with Crippen LogP contribution in [0.2, 0.25) is 0 Å². The van der Waals surface area contributed by atoms with Crippen molar-refractivity contribution in [1.82, 2.24) is 0 Å². The first-order valence-corrected chi connectivity index (χ1v) is 10.1. The van der Waals surface area contributed by atoms with E-state index in [1.54, 1.807) is 30.2 Å². The van der Waals surface area contributed by atoms with Gasteiger partial charge in [-0.3, -0.25) is 9.59 Å². The van der Waals surface area contributed by atoms with Gasteiger partial charge in [-0.05, 0) is 53.9 Å². The Balaban J connectivity index is 1.52. The number of fused-ring (bicyclic) bond motifs is 1. The molecule has 0 atom stereocenters. The van der Waals surface area contributed by atoms with Crippen LogP contribution in [0.3, 0.4) is 0 Å². The molecule has 31 heavy (non-hydrogen) atoms. The lowest BCUT2D eigenvalue weighted by molar-refractivity contribution is -0.121. The Bertz CT molecular complexity index is 1110. The largest absolute Gasteiger partial charge is 0.497 e. The highest BCUT2D eigenvalue weighted by molar-refractivity contribution is 5.99. The molecule has 0 spiro atoms. The monoisotopic (exact) mass is 416 g/mol. The molecule has 0 fully saturated rings. The van der Waals surface area contributed by atoms with Gasteiger partial charge in [0.2, 0.25) is 5.91 Å². The second-order valence-corrected chi connectivity index (χ2v) is 7.45. The number of aryl methyl sites for hydroxylation is 1. The Labute approximate surface area is 181 Å². The number of rotatable bonds is 6. The van der Waals surface area contributed by atoms with Gasteiger partial charge in [0.15, 0.2) is 6.61 Å². The first kappa shape index (κ1) is 20.5. The molecule has 158 valence electrons. The molecule has 3 aromatic carbocycles. The number of nitrogens with one attached hydrogen (secondary N) is 1. The molecule has 1 N–H and O–H groups in total. The minimum atomic E-state index is -0.140. The maximum atomic E-state index is 12.6. The van der Waals surface area contributed by atoms with Crippen molar-refractivity contribution in [2.75, 3.05) is 23.9 Å². The van der Waals surface area contributed by atoms with E-state index in [-0.39, 0.29) is 24.8 Å². The van der Waals surface area contributed by atoms with Crippen LogP contribution in [0, 0.1) is 6.92 Å². The number of carbonyl (C=O) groups excluding carboxylic acids is 2. The highest BCUT2D eigenvalue weighted by Gasteiger charge is 2.26. The van der Waals surface area contributed by atoms with Crippen LogP contribution in [0.25, 0.3) is 0 Å². The van der Waals surface area contributed by atoms with Crippen molar-refractivity contribution in [3.63, 3.8) is 0 Å². The van der Waals surface area contributed by atoms with E-state index >= 15 is 0 Å². The molecule has 6 heteroatoms. The summed E-state index contributed by atoms with van der Waals surface area (Å²) in [7, 11) is 1.61. The van der Waals surface area contributed by atoms with Crippen LogP contribution in [0.5, 0.6) is 11.5 Å². The van der Waals surface area contributed by atoms with Gasteiger partial charge in [-0.2, -0.15) is 0 Å². The molecular formula is C25H24N2O4. The Morgan fingerprint density at radius 1 is 1.10 bits per heavy atom. The standard InChI is InChI=1S/C25H24N2O4/c1-17-5-3-4-6-19(17)15-27-22-14-20(9-12-23(22)31-16-25(27)29)26-24(28)13-18-7-10-21(30-2)11-8-18/h3-12,14H,13,15-16H2,1-2H3,(H,26,28). The van der Waals surface area contributed by atoms with Crippen molar-refractivity contribution >= 4 is 23.2 Å². The number of methoxy groups -OCH3 is 1. The van der Waals surface area contributed by atoms with Crippen LogP contribution < -0.4 is 19.7 Å². The number of ether oxygens (including phenoxy) is 2. The predicted octanol–water partition coefficient (Wildman–Crippen LogP) is 4.11. The van der Waals surface area contributed by atoms with E-state index in [1.165, 1.54) is 0 Å². The summed E-state index contributed by atoms with van der Waals surface area (Å²) in [5.41, 5.74) is 4.34. The number of amides is 2. The smallest absolute Gasteiger partial charge is 0.265 e. The molecular weight excluding hydrogens is 392 g/mol. The number of carbonyl (C=O) groups is 2. The molecule has 0 aromatic heterocycles. The zero-order chi connectivity index (χ0) is 21.8. The van der Waals surface area contributed by atoms with Gasteiger partial charge in [-0.1, -0.05) is 36.4 Å². The molecule has 1 aliphatic rings. The van der Waals surface area contributed by atoms with E-state index in [2.05, 4.69) is 5.32 Å². The number of hydrogen-bond donors (Lipinski definition) is 1. The predicted molar refractivity (Wildman–Crippen MR) is 120 cm³/mol. The first-order valence-electron chi connectivity index (χ1n) is 10.1. The summed E-state index contributed by atoms with van der Waals surface area (Å²) >= 11 is 0. The van der Waals surface area contributed by atoms with Crippen molar-refractivity contribution in [2.24, 2.45) is 0 Å². The van der Waals surface area contributed by atoms with E-state index in [0.29, 0.717) is 23.7 Å². The average molecular weight is 416 g/mol. The van der Waals surface area contributed by atoms with Gasteiger partial charge in [0, 0.05) is 5.69 Å². The summed E-state index contributed by atoms with van der Waals surface area (Å²) < 4.78 is 10.7. The maximum Gasteiger partial charge on any atom is 0.265 e. The lowest BCUT2D eigenvalue weighted by atomic mass is 10.1. The lowest BCUT2D eigenvalue weighted by Gasteiger charge is -2.30. The molecule has 3 aromatic rings. The third kappa shape index (κ3) is 4.69. The highest BCUT2D eigenvalue weighted by atomic mass is 16.5. The second-order valence-electron chi connectivity index (χ2n) is 7.45. The van der Waals surface area contributed by atoms with E-state index in [9.17, 15) is 9.59 Å². The van der Waals surface area contributed by atoms with Crippen molar-refractivity contribution < 1.29 is 19.1 Å². The van der Waals surface area contributed by atoms with Crippen LogP contribution in [0.15, 0.2) is 66.7 Å². The Kier molecular flexibility index (Phi) is 5.89. The molecule has 0 aliphatic carbocycles. The minimum absolute atomic E-state index is 0.00204. The van der Waals surface area contributed by atoms with E-state index < -0.39 is 0 Å². The van der Waals surface area contributed by atoms with Crippen LogP contribution in [-0.2, 0) is 22.6 Å². The summed E-state index contributed by atoms with van der Waals surface area (Å²) in [5, 5.41) is 2.92. The fourth-order valence-electron chi connectivity index (χ4n) is 3.55. The van der Waals surface area contributed by atoms with Crippen molar-refractivity contribution in [3.05, 3.63) is 83.4 Å². The molecule has 0 saturated carbocycles. The zero-order valence-corrected chi connectivity index (χ0v) is 17.6. The number of anilines is 2. The van der Waals surface area contributed by atoms with Crippen LogP contribution >= 0.6 is 0 Å². The molecule has 1 aliphatic heterocycles. The summed E-state index contributed by atoms with van der Waals surface area (Å²) in [4.78, 5) is 26.8. The van der Waals surface area contributed by atoms with Crippen LogP contribution in [0.4, 0.5) is 11.4 Å². The quantitative estimate of drug-likeness (QED) is 0.657. The van der Waals surface area contributed by atoms with Gasteiger partial charge in [0.25, 0.3) is 5.91 Å². The topological polar surface area (TPSA) is 67.9 Å².